The Kier molecular flexibility index (Phi) is 3.79. The van der Waals surface area contributed by atoms with Crippen LogP contribution in [0.1, 0.15) is 13.8 Å². The standard InChI is InChI=1S/C8H9F5O/c1-5(2)3-4-6(14)7(9,10)8(11,12)13/h3-5H,1-2H3. The Labute approximate surface area is 77.6 Å². The van der Waals surface area contributed by atoms with Crippen molar-refractivity contribution in [1.82, 2.24) is 0 Å². The Morgan fingerprint density at radius 3 is 1.86 bits per heavy atom. The van der Waals surface area contributed by atoms with Crippen LogP contribution in [0.3, 0.4) is 0 Å². The van der Waals surface area contributed by atoms with Gasteiger partial charge < -0.3 is 0 Å². The molecule has 0 rings (SSSR count). The minimum atomic E-state index is -5.83. The largest absolute Gasteiger partial charge is 0.461 e. The Morgan fingerprint density at radius 1 is 1.14 bits per heavy atom. The van der Waals surface area contributed by atoms with Gasteiger partial charge in [-0.3, -0.25) is 4.79 Å². The fourth-order valence-corrected chi connectivity index (χ4v) is 0.524. The summed E-state index contributed by atoms with van der Waals surface area (Å²) in [5, 5.41) is 0. The summed E-state index contributed by atoms with van der Waals surface area (Å²) in [5.41, 5.74) is 0. The van der Waals surface area contributed by atoms with Crippen molar-refractivity contribution in [2.75, 3.05) is 0 Å². The number of carbonyl (C=O) groups excluding carboxylic acids is 1. The summed E-state index contributed by atoms with van der Waals surface area (Å²) in [5.74, 6) is -7.79. The molecule has 0 spiro atoms. The van der Waals surface area contributed by atoms with Gasteiger partial charge >= 0.3 is 12.1 Å². The van der Waals surface area contributed by atoms with Crippen molar-refractivity contribution in [3.63, 3.8) is 0 Å². The molecule has 0 radical (unpaired) electrons. The summed E-state index contributed by atoms with van der Waals surface area (Å²) in [6.45, 7) is 3.10. The van der Waals surface area contributed by atoms with Crippen LogP contribution in [0.5, 0.6) is 0 Å². The normalized spacial score (nSPS) is 14.0. The highest BCUT2D eigenvalue weighted by molar-refractivity contribution is 5.96. The van der Waals surface area contributed by atoms with E-state index in [4.69, 9.17) is 0 Å². The number of hydrogen-bond donors (Lipinski definition) is 0. The molecule has 0 aromatic rings. The van der Waals surface area contributed by atoms with Gasteiger partial charge in [-0.15, -0.1) is 0 Å². The van der Waals surface area contributed by atoms with Gasteiger partial charge in [0.15, 0.2) is 0 Å². The van der Waals surface area contributed by atoms with E-state index >= 15 is 0 Å². The Bertz CT molecular complexity index is 239. The lowest BCUT2D eigenvalue weighted by Gasteiger charge is -2.16. The molecule has 0 heterocycles. The SMILES string of the molecule is CC(C)C=CC(=O)C(F)(F)C(F)(F)F. The summed E-state index contributed by atoms with van der Waals surface area (Å²) in [6.07, 6.45) is -4.58. The van der Waals surface area contributed by atoms with E-state index in [-0.39, 0.29) is 12.0 Å². The van der Waals surface area contributed by atoms with Gasteiger partial charge in [0.1, 0.15) is 0 Å². The molecule has 0 atom stereocenters. The van der Waals surface area contributed by atoms with Crippen molar-refractivity contribution in [2.45, 2.75) is 25.9 Å². The van der Waals surface area contributed by atoms with Crippen molar-refractivity contribution < 1.29 is 26.7 Å². The van der Waals surface area contributed by atoms with E-state index in [1.807, 2.05) is 0 Å². The van der Waals surface area contributed by atoms with Gasteiger partial charge in [-0.05, 0) is 12.0 Å². The fourth-order valence-electron chi connectivity index (χ4n) is 0.524. The topological polar surface area (TPSA) is 17.1 Å². The molecule has 1 nitrogen and oxygen atoms in total. The minimum Gasteiger partial charge on any atom is -0.288 e. The molecule has 0 saturated carbocycles. The van der Waals surface area contributed by atoms with Gasteiger partial charge in [-0.2, -0.15) is 22.0 Å². The van der Waals surface area contributed by atoms with Crippen molar-refractivity contribution in [3.8, 4) is 0 Å². The second-order valence-electron chi connectivity index (χ2n) is 3.04. The Morgan fingerprint density at radius 2 is 1.57 bits per heavy atom. The van der Waals surface area contributed by atoms with E-state index < -0.39 is 17.9 Å². The predicted molar refractivity (Wildman–Crippen MR) is 40.0 cm³/mol. The highest BCUT2D eigenvalue weighted by Gasteiger charge is 2.62. The van der Waals surface area contributed by atoms with Crippen LogP contribution >= 0.6 is 0 Å². The lowest BCUT2D eigenvalue weighted by Crippen LogP contribution is -2.43. The molecule has 14 heavy (non-hydrogen) atoms. The number of allylic oxidation sites excluding steroid dienone is 2. The molecular weight excluding hydrogens is 207 g/mol. The molecular formula is C8H9F5O. The first-order valence-corrected chi connectivity index (χ1v) is 3.76. The van der Waals surface area contributed by atoms with Crippen LogP contribution in [0.4, 0.5) is 22.0 Å². The first-order chi connectivity index (χ1) is 6.09. The molecule has 0 aliphatic heterocycles. The third kappa shape index (κ3) is 3.08. The highest BCUT2D eigenvalue weighted by atomic mass is 19.4. The zero-order chi connectivity index (χ0) is 11.6. The molecule has 0 aliphatic carbocycles. The zero-order valence-corrected chi connectivity index (χ0v) is 7.53. The van der Waals surface area contributed by atoms with Gasteiger partial charge in [-0.1, -0.05) is 19.9 Å². The fraction of sp³-hybridized carbons (Fsp3) is 0.625. The number of carbonyl (C=O) groups is 1. The second-order valence-corrected chi connectivity index (χ2v) is 3.04. The smallest absolute Gasteiger partial charge is 0.288 e. The van der Waals surface area contributed by atoms with E-state index in [9.17, 15) is 26.7 Å². The van der Waals surface area contributed by atoms with E-state index in [0.717, 1.165) is 6.08 Å². The molecule has 0 aromatic heterocycles. The van der Waals surface area contributed by atoms with E-state index in [0.29, 0.717) is 0 Å². The number of ketones is 1. The van der Waals surface area contributed by atoms with E-state index in [2.05, 4.69) is 0 Å². The van der Waals surface area contributed by atoms with Crippen LogP contribution < -0.4 is 0 Å². The lowest BCUT2D eigenvalue weighted by atomic mass is 10.1. The Balaban J connectivity index is 4.69. The molecule has 0 amide bonds. The molecule has 0 unspecified atom stereocenters. The van der Waals surface area contributed by atoms with Crippen molar-refractivity contribution in [1.29, 1.82) is 0 Å². The lowest BCUT2D eigenvalue weighted by molar-refractivity contribution is -0.266. The second kappa shape index (κ2) is 4.06. The zero-order valence-electron chi connectivity index (χ0n) is 7.53. The van der Waals surface area contributed by atoms with Crippen molar-refractivity contribution in [2.24, 2.45) is 5.92 Å². The van der Waals surface area contributed by atoms with Gasteiger partial charge in [0.2, 0.25) is 5.78 Å². The maximum atomic E-state index is 12.2. The summed E-state index contributed by atoms with van der Waals surface area (Å²) in [4.78, 5) is 10.5. The number of rotatable bonds is 3. The summed E-state index contributed by atoms with van der Waals surface area (Å²) in [7, 11) is 0. The monoisotopic (exact) mass is 216 g/mol. The van der Waals surface area contributed by atoms with Crippen LogP contribution in [-0.4, -0.2) is 17.9 Å². The molecule has 0 bridgehead atoms. The van der Waals surface area contributed by atoms with Crippen LogP contribution in [0, 0.1) is 5.92 Å². The van der Waals surface area contributed by atoms with E-state index in [1.54, 1.807) is 13.8 Å². The molecule has 0 aliphatic rings. The predicted octanol–water partition coefficient (Wildman–Crippen LogP) is 2.97. The molecule has 82 valence electrons. The summed E-state index contributed by atoms with van der Waals surface area (Å²) in [6, 6.07) is 0. The van der Waals surface area contributed by atoms with Crippen LogP contribution in [0.15, 0.2) is 12.2 Å². The van der Waals surface area contributed by atoms with Crippen LogP contribution in [0.25, 0.3) is 0 Å². The number of hydrogen-bond acceptors (Lipinski definition) is 1. The van der Waals surface area contributed by atoms with Crippen LogP contribution in [-0.2, 0) is 4.79 Å². The van der Waals surface area contributed by atoms with E-state index in [1.165, 1.54) is 0 Å². The third-order valence-corrected chi connectivity index (χ3v) is 1.30. The average Bonchev–Trinajstić information content (AvgIpc) is 1.97. The number of halogens is 5. The van der Waals surface area contributed by atoms with Crippen molar-refractivity contribution in [3.05, 3.63) is 12.2 Å². The minimum absolute atomic E-state index is 0.261. The summed E-state index contributed by atoms with van der Waals surface area (Å²) >= 11 is 0. The van der Waals surface area contributed by atoms with Crippen molar-refractivity contribution >= 4 is 5.78 Å². The molecule has 6 heteroatoms. The van der Waals surface area contributed by atoms with Crippen LogP contribution in [0.2, 0.25) is 0 Å². The quantitative estimate of drug-likeness (QED) is 0.523. The van der Waals surface area contributed by atoms with Gasteiger partial charge in [-0.25, -0.2) is 0 Å². The van der Waals surface area contributed by atoms with Gasteiger partial charge in [0.25, 0.3) is 0 Å². The first-order valence-electron chi connectivity index (χ1n) is 3.76. The molecule has 0 fully saturated rings. The molecule has 0 N–H and O–H groups in total. The first kappa shape index (κ1) is 13.1. The Hall–Kier alpha value is -0.940. The summed E-state index contributed by atoms with van der Waals surface area (Å²) < 4.78 is 59.3. The third-order valence-electron chi connectivity index (χ3n) is 1.30. The highest BCUT2D eigenvalue weighted by Crippen LogP contribution is 2.36. The van der Waals surface area contributed by atoms with Gasteiger partial charge in [0, 0.05) is 0 Å². The molecule has 0 aromatic carbocycles. The average molecular weight is 216 g/mol. The maximum Gasteiger partial charge on any atom is 0.461 e. The number of alkyl halides is 5. The maximum absolute atomic E-state index is 12.2. The van der Waals surface area contributed by atoms with Gasteiger partial charge in [0.05, 0.1) is 0 Å². The molecule has 0 saturated heterocycles.